The molecule has 1 heterocycles. The molecule has 1 N–H and O–H groups in total. The average Bonchev–Trinajstić information content (AvgIpc) is 2.33. The monoisotopic (exact) mass is 421 g/mol. The molecule has 0 fully saturated rings. The van der Waals surface area contributed by atoms with Gasteiger partial charge < -0.3 is 5.32 Å². The van der Waals surface area contributed by atoms with Crippen molar-refractivity contribution in [1.29, 1.82) is 0 Å². The zero-order valence-corrected chi connectivity index (χ0v) is 14.6. The van der Waals surface area contributed by atoms with Gasteiger partial charge in [-0.3, -0.25) is 0 Å². The van der Waals surface area contributed by atoms with Crippen LogP contribution >= 0.6 is 43.5 Å². The number of aromatic nitrogens is 2. The van der Waals surface area contributed by atoms with Crippen molar-refractivity contribution in [3.05, 3.63) is 43.9 Å². The number of anilines is 2. The summed E-state index contributed by atoms with van der Waals surface area (Å²) in [5, 5.41) is 3.35. The van der Waals surface area contributed by atoms with Gasteiger partial charge in [0.15, 0.2) is 0 Å². The second kappa shape index (κ2) is 6.37. The van der Waals surface area contributed by atoms with Gasteiger partial charge >= 0.3 is 0 Å². The van der Waals surface area contributed by atoms with Gasteiger partial charge in [0.1, 0.15) is 22.1 Å². The standard InChI is InChI=1S/C13H11Br2ClFN3/c1-6(2)13-18-10(15)5-11(20-13)19-12-8(14)3-7(17)4-9(12)16/h3-6H,1-2H3,(H,18,19,20). The van der Waals surface area contributed by atoms with Crippen LogP contribution in [0.15, 0.2) is 27.3 Å². The van der Waals surface area contributed by atoms with Crippen LogP contribution < -0.4 is 5.32 Å². The van der Waals surface area contributed by atoms with Crippen molar-refractivity contribution in [3.8, 4) is 0 Å². The molecule has 0 bridgehead atoms. The number of nitrogens with one attached hydrogen (secondary N) is 1. The predicted molar refractivity (Wildman–Crippen MR) is 86.2 cm³/mol. The molecule has 20 heavy (non-hydrogen) atoms. The van der Waals surface area contributed by atoms with Gasteiger partial charge in [0.2, 0.25) is 0 Å². The highest BCUT2D eigenvalue weighted by atomic mass is 79.9. The van der Waals surface area contributed by atoms with E-state index in [0.717, 1.165) is 0 Å². The summed E-state index contributed by atoms with van der Waals surface area (Å²) in [6.45, 7) is 4.01. The van der Waals surface area contributed by atoms with Crippen molar-refractivity contribution in [2.75, 3.05) is 5.32 Å². The Morgan fingerprint density at radius 3 is 2.50 bits per heavy atom. The third-order valence-electron chi connectivity index (χ3n) is 2.49. The first kappa shape index (κ1) is 15.7. The van der Waals surface area contributed by atoms with Gasteiger partial charge in [-0.2, -0.15) is 0 Å². The Morgan fingerprint density at radius 1 is 1.20 bits per heavy atom. The number of hydrogen-bond donors (Lipinski definition) is 1. The molecule has 0 spiro atoms. The number of benzene rings is 1. The van der Waals surface area contributed by atoms with Crippen molar-refractivity contribution in [1.82, 2.24) is 9.97 Å². The van der Waals surface area contributed by atoms with E-state index >= 15 is 0 Å². The minimum atomic E-state index is -0.404. The SMILES string of the molecule is CC(C)c1nc(Br)cc(Nc2c(Cl)cc(F)cc2Br)n1. The largest absolute Gasteiger partial charge is 0.338 e. The molecule has 0 radical (unpaired) electrons. The van der Waals surface area contributed by atoms with E-state index in [1.165, 1.54) is 12.1 Å². The van der Waals surface area contributed by atoms with Crippen molar-refractivity contribution >= 4 is 55.0 Å². The molecule has 0 aliphatic heterocycles. The van der Waals surface area contributed by atoms with E-state index in [-0.39, 0.29) is 10.9 Å². The van der Waals surface area contributed by atoms with Crippen molar-refractivity contribution in [2.24, 2.45) is 0 Å². The molecule has 0 atom stereocenters. The highest BCUT2D eigenvalue weighted by molar-refractivity contribution is 9.10. The Kier molecular flexibility index (Phi) is 4.99. The topological polar surface area (TPSA) is 37.8 Å². The molecule has 3 nitrogen and oxygen atoms in total. The molecule has 0 aliphatic carbocycles. The lowest BCUT2D eigenvalue weighted by Gasteiger charge is -2.12. The summed E-state index contributed by atoms with van der Waals surface area (Å²) in [5.41, 5.74) is 0.563. The lowest BCUT2D eigenvalue weighted by atomic mass is 10.2. The first-order valence-corrected chi connectivity index (χ1v) is 7.79. The number of halogens is 4. The first-order valence-electron chi connectivity index (χ1n) is 5.83. The number of rotatable bonds is 3. The Hall–Kier alpha value is -0.720. The summed E-state index contributed by atoms with van der Waals surface area (Å²) in [4.78, 5) is 8.70. The van der Waals surface area contributed by atoms with Crippen LogP contribution in [-0.2, 0) is 0 Å². The fourth-order valence-corrected chi connectivity index (χ4v) is 2.84. The summed E-state index contributed by atoms with van der Waals surface area (Å²) in [6.07, 6.45) is 0. The van der Waals surface area contributed by atoms with Crippen molar-refractivity contribution in [3.63, 3.8) is 0 Å². The molecule has 0 saturated heterocycles. The third kappa shape index (κ3) is 3.68. The fraction of sp³-hybridized carbons (Fsp3) is 0.231. The van der Waals surface area contributed by atoms with Crippen LogP contribution in [0, 0.1) is 5.82 Å². The van der Waals surface area contributed by atoms with E-state index in [4.69, 9.17) is 11.6 Å². The van der Waals surface area contributed by atoms with Gasteiger partial charge in [-0.15, -0.1) is 0 Å². The lowest BCUT2D eigenvalue weighted by molar-refractivity contribution is 0.627. The maximum absolute atomic E-state index is 13.2. The minimum Gasteiger partial charge on any atom is -0.338 e. The Balaban J connectivity index is 2.40. The summed E-state index contributed by atoms with van der Waals surface area (Å²) >= 11 is 12.7. The Labute approximate surface area is 138 Å². The molecular weight excluding hydrogens is 412 g/mol. The van der Waals surface area contributed by atoms with Crippen LogP contribution in [0.3, 0.4) is 0 Å². The molecule has 1 aromatic heterocycles. The normalized spacial score (nSPS) is 10.9. The van der Waals surface area contributed by atoms with E-state index in [0.29, 0.717) is 26.4 Å². The first-order chi connectivity index (χ1) is 9.36. The zero-order valence-electron chi connectivity index (χ0n) is 10.7. The summed E-state index contributed by atoms with van der Waals surface area (Å²) in [5.74, 6) is 1.08. The molecule has 106 valence electrons. The maximum atomic E-state index is 13.2. The lowest BCUT2D eigenvalue weighted by Crippen LogP contribution is -2.03. The van der Waals surface area contributed by atoms with Crippen LogP contribution in [0.2, 0.25) is 5.02 Å². The molecule has 0 aliphatic rings. The molecule has 1 aromatic carbocycles. The third-order valence-corrected chi connectivity index (χ3v) is 3.82. The van der Waals surface area contributed by atoms with Gasteiger partial charge in [-0.05, 0) is 44.0 Å². The van der Waals surface area contributed by atoms with Crippen LogP contribution in [-0.4, -0.2) is 9.97 Å². The maximum Gasteiger partial charge on any atom is 0.135 e. The van der Waals surface area contributed by atoms with Gasteiger partial charge in [0.25, 0.3) is 0 Å². The second-order valence-corrected chi connectivity index (χ2v) is 6.53. The smallest absolute Gasteiger partial charge is 0.135 e. The van der Waals surface area contributed by atoms with E-state index in [1.807, 2.05) is 13.8 Å². The van der Waals surface area contributed by atoms with E-state index in [1.54, 1.807) is 6.07 Å². The highest BCUT2D eigenvalue weighted by Gasteiger charge is 2.11. The molecule has 2 rings (SSSR count). The molecule has 0 unspecified atom stereocenters. The molecular formula is C13H11Br2ClFN3. The van der Waals surface area contributed by atoms with E-state index in [9.17, 15) is 4.39 Å². The van der Waals surface area contributed by atoms with Crippen LogP contribution in [0.25, 0.3) is 0 Å². The Bertz CT molecular complexity index is 627. The average molecular weight is 424 g/mol. The molecule has 0 saturated carbocycles. The van der Waals surface area contributed by atoms with Gasteiger partial charge in [-0.1, -0.05) is 25.4 Å². The van der Waals surface area contributed by atoms with Crippen LogP contribution in [0.5, 0.6) is 0 Å². The summed E-state index contributed by atoms with van der Waals surface area (Å²) < 4.78 is 14.4. The van der Waals surface area contributed by atoms with E-state index < -0.39 is 5.82 Å². The predicted octanol–water partition coefficient (Wildman–Crippen LogP) is 5.66. The van der Waals surface area contributed by atoms with Crippen LogP contribution in [0.4, 0.5) is 15.9 Å². The van der Waals surface area contributed by atoms with Crippen molar-refractivity contribution < 1.29 is 4.39 Å². The number of nitrogens with zero attached hydrogens (tertiary/aromatic N) is 2. The van der Waals surface area contributed by atoms with Crippen LogP contribution in [0.1, 0.15) is 25.6 Å². The van der Waals surface area contributed by atoms with Crippen molar-refractivity contribution in [2.45, 2.75) is 19.8 Å². The minimum absolute atomic E-state index is 0.195. The highest BCUT2D eigenvalue weighted by Crippen LogP contribution is 2.34. The van der Waals surface area contributed by atoms with E-state index in [2.05, 4.69) is 47.1 Å². The van der Waals surface area contributed by atoms with Gasteiger partial charge in [0.05, 0.1) is 10.7 Å². The summed E-state index contributed by atoms with van der Waals surface area (Å²) in [6, 6.07) is 4.32. The zero-order chi connectivity index (χ0) is 14.9. The fourth-order valence-electron chi connectivity index (χ4n) is 1.55. The van der Waals surface area contributed by atoms with Gasteiger partial charge in [-0.25, -0.2) is 14.4 Å². The Morgan fingerprint density at radius 2 is 1.90 bits per heavy atom. The molecule has 2 aromatic rings. The van der Waals surface area contributed by atoms with Gasteiger partial charge in [0, 0.05) is 16.5 Å². The molecule has 7 heteroatoms. The second-order valence-electron chi connectivity index (χ2n) is 4.46. The summed E-state index contributed by atoms with van der Waals surface area (Å²) in [7, 11) is 0. The molecule has 0 amide bonds. The quantitative estimate of drug-likeness (QED) is 0.647. The number of hydrogen-bond acceptors (Lipinski definition) is 3.